The molecule has 0 spiro atoms. The first kappa shape index (κ1) is 30.5. The van der Waals surface area contributed by atoms with Gasteiger partial charge in [-0.15, -0.1) is 0 Å². The molecule has 0 amide bonds. The van der Waals surface area contributed by atoms with Gasteiger partial charge in [-0.05, 0) is 128 Å². The molecule has 4 N–H and O–H groups in total. The third-order valence-corrected chi connectivity index (χ3v) is 10.1. The molecule has 4 nitrogen and oxygen atoms in total. The molecule has 8 heteroatoms. The lowest BCUT2D eigenvalue weighted by atomic mass is 9.78. The Hall–Kier alpha value is -2.00. The molecule has 0 atom stereocenters. The topological polar surface area (TPSA) is 80.9 Å². The van der Waals surface area contributed by atoms with Crippen molar-refractivity contribution >= 4 is 63.7 Å². The van der Waals surface area contributed by atoms with Gasteiger partial charge >= 0.3 is 0 Å². The van der Waals surface area contributed by atoms with Crippen LogP contribution in [0.4, 0.5) is 0 Å². The predicted molar refractivity (Wildman–Crippen MR) is 167 cm³/mol. The lowest BCUT2D eigenvalue weighted by Crippen LogP contribution is -2.19. The summed E-state index contributed by atoms with van der Waals surface area (Å²) < 4.78 is 2.84. The molecule has 38 heavy (non-hydrogen) atoms. The molecule has 0 aliphatic carbocycles. The third-order valence-electron chi connectivity index (χ3n) is 6.66. The molecule has 0 fully saturated rings. The van der Waals surface area contributed by atoms with E-state index in [1.165, 1.54) is 0 Å². The second-order valence-corrected chi connectivity index (χ2v) is 13.2. The number of phenolic OH excluding ortho intramolecular Hbond substituents is 4. The van der Waals surface area contributed by atoms with Gasteiger partial charge in [0.1, 0.15) is 23.0 Å². The molecule has 0 bridgehead atoms. The summed E-state index contributed by atoms with van der Waals surface area (Å²) in [6, 6.07) is 21.7. The van der Waals surface area contributed by atoms with Gasteiger partial charge in [-0.1, -0.05) is 58.0 Å². The molecule has 0 saturated heterocycles. The van der Waals surface area contributed by atoms with Gasteiger partial charge in [0, 0.05) is 15.3 Å². The highest BCUT2D eigenvalue weighted by Crippen LogP contribution is 2.43. The standard InChI is InChI=1S/2C15H14Br2O2/c1-15(2,9-3-5-13(18)11(16)7-9)10-4-6-14(19)12(17)8-10;1-15(2,9-3-5-10(18)6-4-9)11-7-8-12(19)14(17)13(11)16/h2*3-8,18-19H,1-2H3. The summed E-state index contributed by atoms with van der Waals surface area (Å²) in [5.74, 6) is 0.917. The fraction of sp³-hybridized carbons (Fsp3) is 0.200. The summed E-state index contributed by atoms with van der Waals surface area (Å²) in [5.41, 5.74) is 3.82. The zero-order chi connectivity index (χ0) is 28.4. The van der Waals surface area contributed by atoms with Gasteiger partial charge in [-0.3, -0.25) is 0 Å². The fourth-order valence-electron chi connectivity index (χ4n) is 4.01. The van der Waals surface area contributed by atoms with Gasteiger partial charge in [-0.2, -0.15) is 0 Å². The van der Waals surface area contributed by atoms with E-state index in [0.717, 1.165) is 26.7 Å². The summed E-state index contributed by atoms with van der Waals surface area (Å²) >= 11 is 13.6. The Balaban J connectivity index is 0.000000211. The zero-order valence-corrected chi connectivity index (χ0v) is 27.6. The van der Waals surface area contributed by atoms with Gasteiger partial charge in [0.2, 0.25) is 0 Å². The van der Waals surface area contributed by atoms with Gasteiger partial charge in [0.05, 0.1) is 13.4 Å². The maximum absolute atomic E-state index is 9.69. The quantitative estimate of drug-likeness (QED) is 0.167. The summed E-state index contributed by atoms with van der Waals surface area (Å²) in [7, 11) is 0. The Bertz CT molecular complexity index is 1390. The molecule has 0 unspecified atom stereocenters. The van der Waals surface area contributed by atoms with E-state index in [9.17, 15) is 20.4 Å². The lowest BCUT2D eigenvalue weighted by Gasteiger charge is -2.28. The highest BCUT2D eigenvalue weighted by molar-refractivity contribution is 9.13. The van der Waals surface area contributed by atoms with Crippen LogP contribution >= 0.6 is 63.7 Å². The van der Waals surface area contributed by atoms with Crippen molar-refractivity contribution in [3.8, 4) is 23.0 Å². The fourth-order valence-corrected chi connectivity index (χ4v) is 5.95. The highest BCUT2D eigenvalue weighted by Gasteiger charge is 2.27. The predicted octanol–water partition coefficient (Wildman–Crippen LogP) is 9.90. The van der Waals surface area contributed by atoms with E-state index in [2.05, 4.69) is 91.4 Å². The van der Waals surface area contributed by atoms with E-state index in [4.69, 9.17) is 0 Å². The Kier molecular flexibility index (Phi) is 9.67. The van der Waals surface area contributed by atoms with Crippen LogP contribution in [0.5, 0.6) is 23.0 Å². The molecule has 4 aromatic rings. The molecule has 4 aromatic carbocycles. The van der Waals surface area contributed by atoms with Crippen molar-refractivity contribution in [1.29, 1.82) is 0 Å². The smallest absolute Gasteiger partial charge is 0.130 e. The summed E-state index contributed by atoms with van der Waals surface area (Å²) in [6.07, 6.45) is 0. The minimum Gasteiger partial charge on any atom is -0.508 e. The molecule has 0 aromatic heterocycles. The van der Waals surface area contributed by atoms with E-state index in [1.807, 2.05) is 42.5 Å². The van der Waals surface area contributed by atoms with Crippen molar-refractivity contribution in [3.05, 3.63) is 113 Å². The van der Waals surface area contributed by atoms with Crippen molar-refractivity contribution in [1.82, 2.24) is 0 Å². The number of aromatic hydroxyl groups is 4. The molecular weight excluding hydrogens is 744 g/mol. The first-order chi connectivity index (χ1) is 17.7. The molecule has 0 heterocycles. The number of hydrogen-bond donors (Lipinski definition) is 4. The molecule has 0 saturated carbocycles. The minimum atomic E-state index is -0.247. The largest absolute Gasteiger partial charge is 0.508 e. The van der Waals surface area contributed by atoms with Crippen molar-refractivity contribution in [2.24, 2.45) is 0 Å². The molecule has 0 aliphatic rings. The molecular formula is C30H28Br4O4. The SMILES string of the molecule is CC(C)(c1ccc(O)c(Br)c1)c1ccc(O)c(Br)c1.CC(C)(c1ccc(O)cc1)c1ccc(O)c(Br)c1Br. The van der Waals surface area contributed by atoms with Gasteiger partial charge in [-0.25, -0.2) is 0 Å². The maximum atomic E-state index is 9.69. The Morgan fingerprint density at radius 3 is 1.34 bits per heavy atom. The summed E-state index contributed by atoms with van der Waals surface area (Å²) in [6.45, 7) is 8.40. The number of hydrogen-bond acceptors (Lipinski definition) is 4. The van der Waals surface area contributed by atoms with Crippen LogP contribution in [-0.4, -0.2) is 20.4 Å². The van der Waals surface area contributed by atoms with Crippen molar-refractivity contribution in [2.75, 3.05) is 0 Å². The molecule has 200 valence electrons. The number of rotatable bonds is 4. The normalized spacial score (nSPS) is 11.6. The van der Waals surface area contributed by atoms with Gasteiger partial charge < -0.3 is 20.4 Å². The molecule has 0 aliphatic heterocycles. The van der Waals surface area contributed by atoms with E-state index in [1.54, 1.807) is 30.3 Å². The molecule has 4 rings (SSSR count). The number of halogens is 4. The van der Waals surface area contributed by atoms with Crippen molar-refractivity contribution < 1.29 is 20.4 Å². The highest BCUT2D eigenvalue weighted by atomic mass is 79.9. The first-order valence-corrected chi connectivity index (χ1v) is 14.8. The average molecular weight is 772 g/mol. The van der Waals surface area contributed by atoms with Crippen LogP contribution in [0.3, 0.4) is 0 Å². The van der Waals surface area contributed by atoms with Crippen LogP contribution in [0.2, 0.25) is 0 Å². The third kappa shape index (κ3) is 6.58. The van der Waals surface area contributed by atoms with E-state index >= 15 is 0 Å². The average Bonchev–Trinajstić information content (AvgIpc) is 2.86. The van der Waals surface area contributed by atoms with E-state index in [-0.39, 0.29) is 33.8 Å². The van der Waals surface area contributed by atoms with Crippen LogP contribution in [-0.2, 0) is 10.8 Å². The second-order valence-electron chi connectivity index (χ2n) is 9.89. The number of benzene rings is 4. The van der Waals surface area contributed by atoms with Crippen LogP contribution in [0.15, 0.2) is 90.7 Å². The van der Waals surface area contributed by atoms with Crippen molar-refractivity contribution in [3.63, 3.8) is 0 Å². The first-order valence-electron chi connectivity index (χ1n) is 11.6. The zero-order valence-electron chi connectivity index (χ0n) is 21.2. The van der Waals surface area contributed by atoms with Crippen LogP contribution < -0.4 is 0 Å². The Morgan fingerprint density at radius 1 is 0.474 bits per heavy atom. The van der Waals surface area contributed by atoms with Crippen molar-refractivity contribution in [2.45, 2.75) is 38.5 Å². The molecule has 0 radical (unpaired) electrons. The number of phenols is 4. The van der Waals surface area contributed by atoms with Crippen LogP contribution in [0, 0.1) is 0 Å². The summed E-state index contributed by atoms with van der Waals surface area (Å²) in [4.78, 5) is 0. The van der Waals surface area contributed by atoms with E-state index < -0.39 is 0 Å². The lowest BCUT2D eigenvalue weighted by molar-refractivity contribution is 0.469. The second kappa shape index (κ2) is 12.0. The summed E-state index contributed by atoms with van der Waals surface area (Å²) in [5, 5.41) is 38.2. The van der Waals surface area contributed by atoms with Crippen LogP contribution in [0.1, 0.15) is 49.9 Å². The van der Waals surface area contributed by atoms with E-state index in [0.29, 0.717) is 13.4 Å². The maximum Gasteiger partial charge on any atom is 0.130 e. The monoisotopic (exact) mass is 768 g/mol. The Labute approximate surface area is 256 Å². The van der Waals surface area contributed by atoms with Gasteiger partial charge in [0.25, 0.3) is 0 Å². The van der Waals surface area contributed by atoms with Crippen LogP contribution in [0.25, 0.3) is 0 Å². The minimum absolute atomic E-state index is 0.206. The van der Waals surface area contributed by atoms with Gasteiger partial charge in [0.15, 0.2) is 0 Å². The Morgan fingerprint density at radius 2 is 0.895 bits per heavy atom.